The van der Waals surface area contributed by atoms with Crippen molar-refractivity contribution in [3.63, 3.8) is 0 Å². The minimum Gasteiger partial charge on any atom is -0.384 e. The van der Waals surface area contributed by atoms with Gasteiger partial charge in [-0.15, -0.1) is 11.3 Å². The summed E-state index contributed by atoms with van der Waals surface area (Å²) in [5.41, 5.74) is 0. The van der Waals surface area contributed by atoms with Gasteiger partial charge < -0.3 is 10.1 Å². The van der Waals surface area contributed by atoms with Gasteiger partial charge in [-0.3, -0.25) is 4.90 Å². The quantitative estimate of drug-likeness (QED) is 0.889. The maximum absolute atomic E-state index is 5.26. The predicted octanol–water partition coefficient (Wildman–Crippen LogP) is 2.59. The number of hydrogen-bond acceptors (Lipinski definition) is 6. The molecule has 3 rings (SSSR count). The minimum absolute atomic E-state index is 0.647. The van der Waals surface area contributed by atoms with Crippen LogP contribution in [-0.4, -0.2) is 48.2 Å². The maximum Gasteiger partial charge on any atom is 0.146 e. The third-order valence-electron chi connectivity index (χ3n) is 3.85. The number of ether oxygens (including phenoxy) is 1. The highest BCUT2D eigenvalue weighted by atomic mass is 32.1. The molecule has 1 saturated heterocycles. The van der Waals surface area contributed by atoms with E-state index < -0.39 is 0 Å². The van der Waals surface area contributed by atoms with Crippen LogP contribution in [0.25, 0.3) is 10.2 Å². The molecule has 0 aliphatic carbocycles. The van der Waals surface area contributed by atoms with Crippen molar-refractivity contribution in [1.29, 1.82) is 0 Å². The van der Waals surface area contributed by atoms with Crippen molar-refractivity contribution in [3.8, 4) is 0 Å². The normalized spacial score (nSPS) is 19.4. The average molecular weight is 306 g/mol. The van der Waals surface area contributed by atoms with Crippen LogP contribution in [-0.2, 0) is 11.3 Å². The zero-order valence-corrected chi connectivity index (χ0v) is 13.4. The third kappa shape index (κ3) is 3.33. The van der Waals surface area contributed by atoms with Gasteiger partial charge in [0.25, 0.3) is 0 Å². The summed E-state index contributed by atoms with van der Waals surface area (Å²) in [5, 5.41) is 6.55. The molecule has 0 bridgehead atoms. The fourth-order valence-corrected chi connectivity index (χ4v) is 3.68. The molecule has 0 radical (unpaired) electrons. The number of aromatic nitrogens is 2. The molecule has 1 unspecified atom stereocenters. The van der Waals surface area contributed by atoms with Crippen LogP contribution in [0.1, 0.15) is 19.2 Å². The molecule has 3 heterocycles. The second-order valence-electron chi connectivity index (χ2n) is 5.50. The van der Waals surface area contributed by atoms with Crippen LogP contribution in [0.15, 0.2) is 11.4 Å². The number of fused-ring (bicyclic) bond motifs is 1. The molecule has 1 N–H and O–H groups in total. The summed E-state index contributed by atoms with van der Waals surface area (Å²) in [5.74, 6) is 2.53. The van der Waals surface area contributed by atoms with Crippen LogP contribution in [0, 0.1) is 5.92 Å². The Kier molecular flexibility index (Phi) is 4.67. The molecule has 0 aromatic carbocycles. The maximum atomic E-state index is 5.26. The van der Waals surface area contributed by atoms with Crippen LogP contribution in [0.4, 0.5) is 5.82 Å². The Morgan fingerprint density at radius 2 is 2.38 bits per heavy atom. The van der Waals surface area contributed by atoms with E-state index in [1.54, 1.807) is 18.4 Å². The topological polar surface area (TPSA) is 50.3 Å². The lowest BCUT2D eigenvalue weighted by Gasteiger charge is -2.15. The van der Waals surface area contributed by atoms with E-state index in [-0.39, 0.29) is 0 Å². The van der Waals surface area contributed by atoms with Crippen molar-refractivity contribution < 1.29 is 4.74 Å². The molecule has 0 amide bonds. The smallest absolute Gasteiger partial charge is 0.146 e. The second-order valence-corrected chi connectivity index (χ2v) is 6.40. The number of nitrogens with zero attached hydrogens (tertiary/aromatic N) is 3. The van der Waals surface area contributed by atoms with Crippen molar-refractivity contribution >= 4 is 27.4 Å². The first kappa shape index (κ1) is 14.7. The predicted molar refractivity (Wildman–Crippen MR) is 86.8 cm³/mol. The van der Waals surface area contributed by atoms with Crippen LogP contribution in [0.5, 0.6) is 0 Å². The molecule has 21 heavy (non-hydrogen) atoms. The van der Waals surface area contributed by atoms with Gasteiger partial charge in [0, 0.05) is 20.2 Å². The fourth-order valence-electron chi connectivity index (χ4n) is 2.90. The fraction of sp³-hybridized carbons (Fsp3) is 0.600. The molecule has 1 fully saturated rings. The van der Waals surface area contributed by atoms with Crippen molar-refractivity contribution in [2.45, 2.75) is 19.9 Å². The van der Waals surface area contributed by atoms with Crippen LogP contribution < -0.4 is 5.32 Å². The monoisotopic (exact) mass is 306 g/mol. The first-order chi connectivity index (χ1) is 10.3. The summed E-state index contributed by atoms with van der Waals surface area (Å²) in [7, 11) is 1.78. The Morgan fingerprint density at radius 1 is 1.48 bits per heavy atom. The first-order valence-corrected chi connectivity index (χ1v) is 8.37. The summed E-state index contributed by atoms with van der Waals surface area (Å²) >= 11 is 1.68. The molecule has 1 aliphatic heterocycles. The largest absolute Gasteiger partial charge is 0.384 e. The lowest BCUT2D eigenvalue weighted by atomic mass is 10.1. The molecule has 6 heteroatoms. The number of nitrogens with one attached hydrogen (secondary N) is 1. The van der Waals surface area contributed by atoms with E-state index in [9.17, 15) is 0 Å². The Labute approximate surface area is 129 Å². The van der Waals surface area contributed by atoms with Crippen LogP contribution >= 0.6 is 11.3 Å². The van der Waals surface area contributed by atoms with Gasteiger partial charge in [-0.25, -0.2) is 9.97 Å². The molecule has 0 spiro atoms. The van der Waals surface area contributed by atoms with E-state index in [2.05, 4.69) is 28.6 Å². The van der Waals surface area contributed by atoms with Crippen molar-refractivity contribution in [2.24, 2.45) is 5.92 Å². The number of rotatable bonds is 6. The molecule has 5 nitrogen and oxygen atoms in total. The number of anilines is 1. The van der Waals surface area contributed by atoms with Crippen molar-refractivity contribution in [3.05, 3.63) is 17.3 Å². The van der Waals surface area contributed by atoms with Gasteiger partial charge in [0.15, 0.2) is 0 Å². The van der Waals surface area contributed by atoms with Gasteiger partial charge in [-0.05, 0) is 37.3 Å². The zero-order valence-electron chi connectivity index (χ0n) is 12.6. The van der Waals surface area contributed by atoms with Gasteiger partial charge in [0.1, 0.15) is 16.5 Å². The van der Waals surface area contributed by atoms with E-state index in [1.807, 2.05) is 0 Å². The summed E-state index contributed by atoms with van der Waals surface area (Å²) in [4.78, 5) is 12.9. The van der Waals surface area contributed by atoms with Gasteiger partial charge in [-0.1, -0.05) is 0 Å². The van der Waals surface area contributed by atoms with Gasteiger partial charge >= 0.3 is 0 Å². The molecule has 0 saturated carbocycles. The highest BCUT2D eigenvalue weighted by Gasteiger charge is 2.23. The SMILES string of the molecule is CCNc1nc(CN2CCC(COC)C2)nc2sccc12. The Bertz CT molecular complexity index is 600. The minimum atomic E-state index is 0.647. The molecule has 1 aliphatic rings. The Hall–Kier alpha value is -1.24. The van der Waals surface area contributed by atoms with Gasteiger partial charge in [0.2, 0.25) is 0 Å². The number of hydrogen-bond donors (Lipinski definition) is 1. The third-order valence-corrected chi connectivity index (χ3v) is 4.66. The number of thiophene rings is 1. The highest BCUT2D eigenvalue weighted by molar-refractivity contribution is 7.16. The molecular formula is C15H22N4OS. The lowest BCUT2D eigenvalue weighted by molar-refractivity contribution is 0.152. The van der Waals surface area contributed by atoms with Crippen LogP contribution in [0.3, 0.4) is 0 Å². The Balaban J connectivity index is 1.75. The Morgan fingerprint density at radius 3 is 3.19 bits per heavy atom. The van der Waals surface area contributed by atoms with Crippen LogP contribution in [0.2, 0.25) is 0 Å². The van der Waals surface area contributed by atoms with Gasteiger partial charge in [0.05, 0.1) is 18.5 Å². The van der Waals surface area contributed by atoms with E-state index in [0.29, 0.717) is 5.92 Å². The van der Waals surface area contributed by atoms with E-state index in [1.165, 1.54) is 6.42 Å². The summed E-state index contributed by atoms with van der Waals surface area (Å²) < 4.78 is 5.26. The van der Waals surface area contributed by atoms with Gasteiger partial charge in [-0.2, -0.15) is 0 Å². The summed E-state index contributed by atoms with van der Waals surface area (Å²) in [6.07, 6.45) is 1.20. The number of methoxy groups -OCH3 is 1. The lowest BCUT2D eigenvalue weighted by Crippen LogP contribution is -2.22. The number of likely N-dealkylation sites (tertiary alicyclic amines) is 1. The summed E-state index contributed by atoms with van der Waals surface area (Å²) in [6, 6.07) is 2.09. The van der Waals surface area contributed by atoms with Crippen molar-refractivity contribution in [2.75, 3.05) is 38.7 Å². The molecular weight excluding hydrogens is 284 g/mol. The zero-order chi connectivity index (χ0) is 14.7. The molecule has 1 atom stereocenters. The van der Waals surface area contributed by atoms with E-state index in [0.717, 1.165) is 54.6 Å². The average Bonchev–Trinajstić information content (AvgIpc) is 3.09. The molecule has 2 aromatic heterocycles. The first-order valence-electron chi connectivity index (χ1n) is 7.49. The standard InChI is InChI=1S/C15H22N4OS/c1-3-16-14-12-5-7-21-15(12)18-13(17-14)9-19-6-4-11(8-19)10-20-2/h5,7,11H,3-4,6,8-10H2,1-2H3,(H,16,17,18). The highest BCUT2D eigenvalue weighted by Crippen LogP contribution is 2.26. The van der Waals surface area contributed by atoms with E-state index >= 15 is 0 Å². The summed E-state index contributed by atoms with van der Waals surface area (Å²) in [6.45, 7) is 6.83. The van der Waals surface area contributed by atoms with Crippen molar-refractivity contribution in [1.82, 2.24) is 14.9 Å². The van der Waals surface area contributed by atoms with E-state index in [4.69, 9.17) is 14.7 Å². The molecule has 2 aromatic rings. The second kappa shape index (κ2) is 6.68. The molecule has 114 valence electrons.